The van der Waals surface area contributed by atoms with Gasteiger partial charge in [-0.1, -0.05) is 35.2 Å². The molecule has 0 spiro atoms. The predicted molar refractivity (Wildman–Crippen MR) is 113 cm³/mol. The van der Waals surface area contributed by atoms with Crippen molar-refractivity contribution in [2.24, 2.45) is 0 Å². The van der Waals surface area contributed by atoms with Crippen molar-refractivity contribution in [2.45, 2.75) is 24.4 Å². The van der Waals surface area contributed by atoms with Crippen LogP contribution in [0.15, 0.2) is 28.6 Å². The second kappa shape index (κ2) is 9.75. The quantitative estimate of drug-likeness (QED) is 0.287. The number of esters is 1. The van der Waals surface area contributed by atoms with Crippen LogP contribution in [0.3, 0.4) is 0 Å². The molecule has 1 aromatic carbocycles. The average molecular weight is 489 g/mol. The maximum absolute atomic E-state index is 12.7. The lowest BCUT2D eigenvalue weighted by molar-refractivity contribution is -0.140. The lowest BCUT2D eigenvalue weighted by Gasteiger charge is -2.06. The summed E-state index contributed by atoms with van der Waals surface area (Å²) in [6, 6.07) is 4.59. The molecule has 3 rings (SSSR count). The summed E-state index contributed by atoms with van der Waals surface area (Å²) >= 11 is 3.32. The van der Waals surface area contributed by atoms with Crippen LogP contribution in [-0.4, -0.2) is 39.4 Å². The number of halogens is 3. The first kappa shape index (κ1) is 23.2. The second-order valence-electron chi connectivity index (χ2n) is 5.93. The number of aryl methyl sites for hydroxylation is 1. The zero-order valence-electron chi connectivity index (χ0n) is 16.1. The molecule has 0 saturated heterocycles. The van der Waals surface area contributed by atoms with E-state index in [1.54, 1.807) is 13.8 Å². The number of rotatable bonds is 7. The van der Waals surface area contributed by atoms with E-state index in [4.69, 9.17) is 4.74 Å². The van der Waals surface area contributed by atoms with Gasteiger partial charge in [0.25, 0.3) is 5.91 Å². The molecule has 0 fully saturated rings. The van der Waals surface area contributed by atoms with E-state index in [1.165, 1.54) is 12.1 Å². The largest absolute Gasteiger partial charge is 0.465 e. The summed E-state index contributed by atoms with van der Waals surface area (Å²) in [4.78, 5) is 28.6. The minimum absolute atomic E-state index is 0.0842. The molecule has 1 amide bonds. The van der Waals surface area contributed by atoms with Gasteiger partial charge >= 0.3 is 12.1 Å². The average Bonchev–Trinajstić information content (AvgIpc) is 3.32. The number of hydrogen-bond acceptors (Lipinski definition) is 9. The third kappa shape index (κ3) is 6.02. The van der Waals surface area contributed by atoms with Crippen LogP contribution < -0.4 is 5.32 Å². The Morgan fingerprint density at radius 3 is 2.52 bits per heavy atom. The highest BCUT2D eigenvalue weighted by Crippen LogP contribution is 2.33. The summed E-state index contributed by atoms with van der Waals surface area (Å²) in [5, 5.41) is 11.1. The number of aromatic nitrogens is 3. The number of carbonyl (C=O) groups excluding carboxylic acids is 2. The topological polar surface area (TPSA) is 94.1 Å². The van der Waals surface area contributed by atoms with Gasteiger partial charge in [0, 0.05) is 5.56 Å². The molecule has 2 aromatic heterocycles. The van der Waals surface area contributed by atoms with Crippen LogP contribution in [0.2, 0.25) is 0 Å². The fourth-order valence-electron chi connectivity index (χ4n) is 2.33. The molecule has 0 aliphatic heterocycles. The molecular formula is C18H15F3N4O3S3. The van der Waals surface area contributed by atoms with Gasteiger partial charge in [-0.25, -0.2) is 4.98 Å². The summed E-state index contributed by atoms with van der Waals surface area (Å²) in [6.45, 7) is 3.64. The molecule has 31 heavy (non-hydrogen) atoms. The number of nitrogens with zero attached hydrogens (tertiary/aromatic N) is 3. The number of thioether (sulfide) groups is 1. The van der Waals surface area contributed by atoms with Crippen molar-refractivity contribution in [2.75, 3.05) is 17.7 Å². The number of benzene rings is 1. The lowest BCUT2D eigenvalue weighted by atomic mass is 10.1. The fourth-order valence-corrected chi connectivity index (χ4v) is 4.84. The van der Waals surface area contributed by atoms with Gasteiger partial charge < -0.3 is 4.74 Å². The van der Waals surface area contributed by atoms with Crippen molar-refractivity contribution in [1.82, 2.24) is 15.2 Å². The molecule has 3 aromatic rings. The maximum Gasteiger partial charge on any atom is 0.416 e. The van der Waals surface area contributed by atoms with Crippen LogP contribution in [0.4, 0.5) is 18.3 Å². The highest BCUT2D eigenvalue weighted by atomic mass is 32.2. The monoisotopic (exact) mass is 488 g/mol. The molecule has 13 heteroatoms. The van der Waals surface area contributed by atoms with Crippen molar-refractivity contribution in [3.63, 3.8) is 0 Å². The minimum atomic E-state index is -4.42. The van der Waals surface area contributed by atoms with Crippen LogP contribution in [-0.2, 0) is 15.7 Å². The number of ether oxygens (including phenoxy) is 1. The van der Waals surface area contributed by atoms with Gasteiger partial charge in [0.05, 0.1) is 23.6 Å². The van der Waals surface area contributed by atoms with Crippen LogP contribution in [0.1, 0.15) is 27.9 Å². The van der Waals surface area contributed by atoms with Gasteiger partial charge in [0.1, 0.15) is 9.88 Å². The zero-order chi connectivity index (χ0) is 22.6. The van der Waals surface area contributed by atoms with Crippen molar-refractivity contribution >= 4 is 51.4 Å². The first-order valence-electron chi connectivity index (χ1n) is 8.75. The molecule has 0 radical (unpaired) electrons. The van der Waals surface area contributed by atoms with Gasteiger partial charge in [-0.3, -0.25) is 14.9 Å². The molecule has 0 aliphatic rings. The highest BCUT2D eigenvalue weighted by Gasteiger charge is 2.30. The van der Waals surface area contributed by atoms with Crippen LogP contribution in [0.25, 0.3) is 10.6 Å². The fraction of sp³-hybridized carbons (Fsp3) is 0.278. The van der Waals surface area contributed by atoms with E-state index in [-0.39, 0.29) is 16.9 Å². The van der Waals surface area contributed by atoms with Crippen molar-refractivity contribution in [1.29, 1.82) is 0 Å². The Morgan fingerprint density at radius 1 is 1.16 bits per heavy atom. The predicted octanol–water partition coefficient (Wildman–Crippen LogP) is 4.90. The number of alkyl halides is 3. The number of hydrogen-bond donors (Lipinski definition) is 1. The SMILES string of the molecule is CCOC(=O)CSc1nnc(NC(=O)c2sc(-c3ccc(C(F)(F)F)cc3)nc2C)s1. The van der Waals surface area contributed by atoms with Gasteiger partial charge in [-0.15, -0.1) is 21.5 Å². The summed E-state index contributed by atoms with van der Waals surface area (Å²) in [7, 11) is 0. The summed E-state index contributed by atoms with van der Waals surface area (Å²) in [5.74, 6) is -0.739. The normalized spacial score (nSPS) is 11.4. The maximum atomic E-state index is 12.7. The van der Waals surface area contributed by atoms with Crippen LogP contribution in [0, 0.1) is 6.92 Å². The molecule has 2 heterocycles. The zero-order valence-corrected chi connectivity index (χ0v) is 18.6. The highest BCUT2D eigenvalue weighted by molar-refractivity contribution is 8.01. The van der Waals surface area contributed by atoms with Crippen molar-refractivity contribution < 1.29 is 27.5 Å². The lowest BCUT2D eigenvalue weighted by Crippen LogP contribution is -2.11. The van der Waals surface area contributed by atoms with Crippen molar-refractivity contribution in [3.8, 4) is 10.6 Å². The van der Waals surface area contributed by atoms with E-state index in [2.05, 4.69) is 20.5 Å². The third-order valence-corrected chi connectivity index (χ3v) is 6.86. The molecule has 0 unspecified atom stereocenters. The standard InChI is InChI=1S/C18H15F3N4O3S3/c1-3-28-12(26)8-29-17-25-24-16(31-17)23-14(27)13-9(2)22-15(30-13)10-4-6-11(7-5-10)18(19,20)21/h4-7H,3,8H2,1-2H3,(H,23,24,27). The molecule has 0 bridgehead atoms. The Bertz CT molecular complexity index is 1080. The number of anilines is 1. The van der Waals surface area contributed by atoms with Gasteiger partial charge in [0.2, 0.25) is 5.13 Å². The summed E-state index contributed by atoms with van der Waals surface area (Å²) < 4.78 is 43.5. The molecule has 0 aliphatic carbocycles. The third-order valence-electron chi connectivity index (χ3n) is 3.71. The Kier molecular flexibility index (Phi) is 7.28. The molecule has 164 valence electrons. The first-order valence-corrected chi connectivity index (χ1v) is 11.4. The molecule has 7 nitrogen and oxygen atoms in total. The van der Waals surface area contributed by atoms with E-state index < -0.39 is 17.6 Å². The van der Waals surface area contributed by atoms with E-state index in [1.807, 2.05) is 0 Å². The summed E-state index contributed by atoms with van der Waals surface area (Å²) in [6.07, 6.45) is -4.42. The van der Waals surface area contributed by atoms with Crippen molar-refractivity contribution in [3.05, 3.63) is 40.4 Å². The molecule has 0 atom stereocenters. The van der Waals surface area contributed by atoms with E-state index >= 15 is 0 Å². The number of amides is 1. The molecule has 1 N–H and O–H groups in total. The molecular weight excluding hydrogens is 473 g/mol. The number of thiazole rings is 1. The Morgan fingerprint density at radius 2 is 1.87 bits per heavy atom. The minimum Gasteiger partial charge on any atom is -0.465 e. The van der Waals surface area contributed by atoms with E-state index in [9.17, 15) is 22.8 Å². The summed E-state index contributed by atoms with van der Waals surface area (Å²) in [5.41, 5.74) is 0.169. The number of nitrogens with one attached hydrogen (secondary N) is 1. The van der Waals surface area contributed by atoms with E-state index in [0.717, 1.165) is 46.6 Å². The van der Waals surface area contributed by atoms with E-state index in [0.29, 0.717) is 32.1 Å². The van der Waals surface area contributed by atoms with Gasteiger partial charge in [-0.05, 0) is 26.0 Å². The second-order valence-corrected chi connectivity index (χ2v) is 9.13. The Balaban J connectivity index is 1.67. The molecule has 0 saturated carbocycles. The van der Waals surface area contributed by atoms with Gasteiger partial charge in [0.15, 0.2) is 4.34 Å². The smallest absolute Gasteiger partial charge is 0.416 e. The van der Waals surface area contributed by atoms with Crippen LogP contribution in [0.5, 0.6) is 0 Å². The van der Waals surface area contributed by atoms with Gasteiger partial charge in [-0.2, -0.15) is 13.2 Å². The van der Waals surface area contributed by atoms with Crippen LogP contribution >= 0.6 is 34.4 Å². The Labute approximate surface area is 187 Å². The Hall–Kier alpha value is -2.51. The number of carbonyl (C=O) groups is 2. The first-order chi connectivity index (χ1) is 14.7.